The number of rotatable bonds is 5. The summed E-state index contributed by atoms with van der Waals surface area (Å²) >= 11 is 5.90. The molecule has 9 heteroatoms. The quantitative estimate of drug-likeness (QED) is 0.474. The van der Waals surface area contributed by atoms with Gasteiger partial charge in [-0.3, -0.25) is 9.69 Å². The number of carbonyl (C=O) groups is 3. The van der Waals surface area contributed by atoms with Crippen LogP contribution >= 0.6 is 24.0 Å². The van der Waals surface area contributed by atoms with E-state index in [4.69, 9.17) is 12.2 Å². The predicted molar refractivity (Wildman–Crippen MR) is 78.8 cm³/mol. The van der Waals surface area contributed by atoms with Crippen LogP contribution in [0.1, 0.15) is 12.0 Å². The van der Waals surface area contributed by atoms with E-state index in [0.29, 0.717) is 0 Å². The van der Waals surface area contributed by atoms with Crippen LogP contribution in [-0.4, -0.2) is 37.7 Å². The number of thioether (sulfide) groups is 1. The fraction of sp³-hybridized carbons (Fsp3) is 0.231. The molecule has 1 aliphatic rings. The second kappa shape index (κ2) is 6.32. The molecular weight excluding hydrogens is 328 g/mol. The zero-order chi connectivity index (χ0) is 16.4. The highest BCUT2D eigenvalue weighted by atomic mass is 32.2. The Bertz CT molecular complexity index is 694. The van der Waals surface area contributed by atoms with Crippen LogP contribution in [0.4, 0.5) is 0 Å². The highest BCUT2D eigenvalue weighted by molar-refractivity contribution is 8.26. The number of carbonyl (C=O) groups excluding carboxylic acids is 3. The number of hydrogen-bond acceptors (Lipinski definition) is 7. The molecular formula is C13H10N2O5S2-2. The van der Waals surface area contributed by atoms with Crippen molar-refractivity contribution in [3.05, 3.63) is 28.9 Å². The van der Waals surface area contributed by atoms with Crippen molar-refractivity contribution in [3.63, 3.8) is 0 Å². The third-order valence-electron chi connectivity index (χ3n) is 2.92. The minimum absolute atomic E-state index is 0.0253. The van der Waals surface area contributed by atoms with E-state index in [1.807, 2.05) is 7.05 Å². The van der Waals surface area contributed by atoms with Crippen molar-refractivity contribution in [2.24, 2.45) is 7.05 Å². The maximum atomic E-state index is 12.3. The van der Waals surface area contributed by atoms with Crippen molar-refractivity contribution in [1.29, 1.82) is 0 Å². The van der Waals surface area contributed by atoms with Gasteiger partial charge in [0.25, 0.3) is 5.91 Å². The minimum Gasteiger partial charge on any atom is -0.550 e. The summed E-state index contributed by atoms with van der Waals surface area (Å²) in [5.74, 6) is -3.95. The molecule has 22 heavy (non-hydrogen) atoms. The normalized spacial score (nSPS) is 18.0. The Morgan fingerprint density at radius 2 is 2.14 bits per heavy atom. The second-order valence-corrected chi connectivity index (χ2v) is 6.25. The Hall–Kier alpha value is -2.13. The van der Waals surface area contributed by atoms with E-state index in [1.54, 1.807) is 29.1 Å². The van der Waals surface area contributed by atoms with E-state index in [1.165, 1.54) is 0 Å². The molecule has 0 spiro atoms. The molecule has 1 aliphatic heterocycles. The van der Waals surface area contributed by atoms with E-state index >= 15 is 0 Å². The predicted octanol–water partition coefficient (Wildman–Crippen LogP) is -1.52. The monoisotopic (exact) mass is 338 g/mol. The smallest absolute Gasteiger partial charge is 0.266 e. The lowest BCUT2D eigenvalue weighted by molar-refractivity contribution is -0.319. The standard InChI is InChI=1S/C13H12N2O5S2/c1-14-3-2-7(6-14)4-9-11(18)15(13(21)22-9)8(12(19)20)5-10(16)17/h2-4,6,8H,5H2,1H3,(H,16,17)(H,19,20)/p-2/b9-4+/t8-/m0/s1. The Morgan fingerprint density at radius 3 is 2.64 bits per heavy atom. The summed E-state index contributed by atoms with van der Waals surface area (Å²) in [6.45, 7) is 0. The van der Waals surface area contributed by atoms with Gasteiger partial charge >= 0.3 is 0 Å². The summed E-state index contributed by atoms with van der Waals surface area (Å²) in [4.78, 5) is 35.0. The zero-order valence-corrected chi connectivity index (χ0v) is 13.0. The molecule has 2 rings (SSSR count). The van der Waals surface area contributed by atoms with Crippen LogP contribution < -0.4 is 10.2 Å². The van der Waals surface area contributed by atoms with E-state index < -0.39 is 30.3 Å². The molecule has 116 valence electrons. The van der Waals surface area contributed by atoms with Gasteiger partial charge in [0, 0.05) is 31.8 Å². The van der Waals surface area contributed by atoms with Crippen molar-refractivity contribution < 1.29 is 24.6 Å². The third kappa shape index (κ3) is 3.37. The van der Waals surface area contributed by atoms with Crippen molar-refractivity contribution in [2.75, 3.05) is 0 Å². The Labute approximate surface area is 135 Å². The van der Waals surface area contributed by atoms with Crippen molar-refractivity contribution in [2.45, 2.75) is 12.5 Å². The Balaban J connectivity index is 2.29. The van der Waals surface area contributed by atoms with Crippen LogP contribution in [0.15, 0.2) is 23.4 Å². The molecule has 0 N–H and O–H groups in total. The number of aryl methyl sites for hydroxylation is 1. The highest BCUT2D eigenvalue weighted by Crippen LogP contribution is 2.34. The van der Waals surface area contributed by atoms with Gasteiger partial charge in [0.05, 0.1) is 16.9 Å². The largest absolute Gasteiger partial charge is 0.550 e. The molecule has 7 nitrogen and oxygen atoms in total. The first kappa shape index (κ1) is 16.2. The van der Waals surface area contributed by atoms with Crippen LogP contribution in [0.25, 0.3) is 6.08 Å². The molecule has 1 atom stereocenters. The average molecular weight is 338 g/mol. The molecule has 0 bridgehead atoms. The van der Waals surface area contributed by atoms with Crippen molar-refractivity contribution in [1.82, 2.24) is 9.47 Å². The van der Waals surface area contributed by atoms with Crippen molar-refractivity contribution >= 4 is 52.2 Å². The van der Waals surface area contributed by atoms with Gasteiger partial charge in [-0.2, -0.15) is 0 Å². The lowest BCUT2D eigenvalue weighted by atomic mass is 10.2. The zero-order valence-electron chi connectivity index (χ0n) is 11.3. The first-order valence-electron chi connectivity index (χ1n) is 6.09. The van der Waals surface area contributed by atoms with Crippen LogP contribution in [0.3, 0.4) is 0 Å². The lowest BCUT2D eigenvalue weighted by Crippen LogP contribution is -2.52. The molecule has 1 fully saturated rings. The first-order chi connectivity index (χ1) is 10.3. The summed E-state index contributed by atoms with van der Waals surface area (Å²) in [5, 5.41) is 21.7. The molecule has 0 saturated carbocycles. The number of aliphatic carboxylic acids is 2. The SMILES string of the molecule is Cn1ccc(/C=C2/SC(=S)N([C@@H](CC(=O)[O-])C(=O)[O-])C2=O)c1. The third-order valence-corrected chi connectivity index (χ3v) is 4.25. The Kier molecular flexibility index (Phi) is 4.67. The van der Waals surface area contributed by atoms with Crippen LogP contribution in [-0.2, 0) is 21.4 Å². The van der Waals surface area contributed by atoms with E-state index in [9.17, 15) is 24.6 Å². The molecule has 1 aromatic rings. The minimum atomic E-state index is -1.69. The van der Waals surface area contributed by atoms with Gasteiger partial charge in [0.2, 0.25) is 0 Å². The average Bonchev–Trinajstić information content (AvgIpc) is 2.92. The maximum Gasteiger partial charge on any atom is 0.266 e. The lowest BCUT2D eigenvalue weighted by Gasteiger charge is -2.27. The topological polar surface area (TPSA) is 106 Å². The van der Waals surface area contributed by atoms with E-state index in [2.05, 4.69) is 0 Å². The number of aromatic nitrogens is 1. The number of hydrogen-bond donors (Lipinski definition) is 0. The summed E-state index contributed by atoms with van der Waals surface area (Å²) < 4.78 is 1.76. The summed E-state index contributed by atoms with van der Waals surface area (Å²) in [6, 6.07) is 0.0865. The van der Waals surface area contributed by atoms with Gasteiger partial charge < -0.3 is 24.4 Å². The molecule has 0 radical (unpaired) electrons. The molecule has 1 aromatic heterocycles. The van der Waals surface area contributed by atoms with Gasteiger partial charge in [0.15, 0.2) is 0 Å². The van der Waals surface area contributed by atoms with Crippen LogP contribution in [0, 0.1) is 0 Å². The van der Waals surface area contributed by atoms with Crippen LogP contribution in [0.2, 0.25) is 0 Å². The second-order valence-electron chi connectivity index (χ2n) is 4.57. The van der Waals surface area contributed by atoms with E-state index in [0.717, 1.165) is 22.2 Å². The van der Waals surface area contributed by atoms with Gasteiger partial charge in [0.1, 0.15) is 4.32 Å². The van der Waals surface area contributed by atoms with Gasteiger partial charge in [-0.05, 0) is 17.7 Å². The number of nitrogens with zero attached hydrogens (tertiary/aromatic N) is 2. The molecule has 0 unspecified atom stereocenters. The first-order valence-corrected chi connectivity index (χ1v) is 7.32. The van der Waals surface area contributed by atoms with Gasteiger partial charge in [-0.1, -0.05) is 24.0 Å². The van der Waals surface area contributed by atoms with Gasteiger partial charge in [-0.25, -0.2) is 0 Å². The molecule has 1 amide bonds. The van der Waals surface area contributed by atoms with E-state index in [-0.39, 0.29) is 9.23 Å². The number of carboxylic acids is 2. The number of thiocarbonyl (C=S) groups is 1. The summed E-state index contributed by atoms with van der Waals surface area (Å²) in [7, 11) is 1.81. The summed E-state index contributed by atoms with van der Waals surface area (Å²) in [6.07, 6.45) is 4.23. The number of amides is 1. The fourth-order valence-corrected chi connectivity index (χ4v) is 3.30. The molecule has 2 heterocycles. The maximum absolute atomic E-state index is 12.3. The van der Waals surface area contributed by atoms with Crippen LogP contribution in [0.5, 0.6) is 0 Å². The molecule has 0 aromatic carbocycles. The number of carboxylic acid groups (broad SMARTS) is 2. The fourth-order valence-electron chi connectivity index (χ4n) is 1.95. The molecule has 1 saturated heterocycles. The Morgan fingerprint density at radius 1 is 1.45 bits per heavy atom. The summed E-state index contributed by atoms with van der Waals surface area (Å²) in [5.41, 5.74) is 0.743. The van der Waals surface area contributed by atoms with Crippen molar-refractivity contribution in [3.8, 4) is 0 Å². The van der Waals surface area contributed by atoms with Gasteiger partial charge in [-0.15, -0.1) is 0 Å². The highest BCUT2D eigenvalue weighted by Gasteiger charge is 2.37. The molecule has 0 aliphatic carbocycles.